The number of benzene rings is 2. The summed E-state index contributed by atoms with van der Waals surface area (Å²) >= 11 is 6.11. The molecule has 8 heteroatoms. The first-order valence-corrected chi connectivity index (χ1v) is 9.37. The number of hydrogen-bond donors (Lipinski definition) is 1. The van der Waals surface area contributed by atoms with Gasteiger partial charge in [-0.2, -0.15) is 5.10 Å². The van der Waals surface area contributed by atoms with Crippen LogP contribution in [0.4, 0.5) is 5.69 Å². The number of carbonyl (C=O) groups excluding carboxylic acids is 1. The largest absolute Gasteiger partial charge is 0.454 e. The summed E-state index contributed by atoms with van der Waals surface area (Å²) in [5.74, 6) is 0.906. The molecule has 0 radical (unpaired) electrons. The summed E-state index contributed by atoms with van der Waals surface area (Å²) < 4.78 is 11.9. The van der Waals surface area contributed by atoms with Gasteiger partial charge in [-0.25, -0.2) is 4.68 Å². The highest BCUT2D eigenvalue weighted by molar-refractivity contribution is 6.31. The number of nitrogens with zero attached hydrogens (tertiary/aromatic N) is 2. The predicted molar refractivity (Wildman–Crippen MR) is 110 cm³/mol. The summed E-state index contributed by atoms with van der Waals surface area (Å²) in [5, 5.41) is 7.75. The fourth-order valence-electron chi connectivity index (χ4n) is 3.00. The van der Waals surface area contributed by atoms with E-state index in [0.29, 0.717) is 27.9 Å². The van der Waals surface area contributed by atoms with E-state index in [0.717, 1.165) is 15.8 Å². The summed E-state index contributed by atoms with van der Waals surface area (Å²) in [5.41, 5.74) is 2.26. The molecule has 0 saturated carbocycles. The quantitative estimate of drug-likeness (QED) is 0.706. The number of amides is 1. The second-order valence-corrected chi connectivity index (χ2v) is 7.05. The molecule has 2 aromatic carbocycles. The highest BCUT2D eigenvalue weighted by atomic mass is 35.5. The minimum atomic E-state index is -0.824. The minimum absolute atomic E-state index is 0.172. The van der Waals surface area contributed by atoms with E-state index in [4.69, 9.17) is 21.1 Å². The molecule has 1 aliphatic rings. The molecular weight excluding hydrogens is 394 g/mol. The second kappa shape index (κ2) is 7.60. The SMILES string of the molecule is Cc1c(Cl)cccc1NC(=O)C(C)n1nc(-c2ccc3c(c2)OCO3)ccc1=O. The number of ether oxygens (including phenoxy) is 2. The summed E-state index contributed by atoms with van der Waals surface area (Å²) in [6.45, 7) is 3.60. The number of hydrogen-bond acceptors (Lipinski definition) is 5. The Hall–Kier alpha value is -3.32. The van der Waals surface area contributed by atoms with Crippen LogP contribution < -0.4 is 20.3 Å². The monoisotopic (exact) mass is 411 g/mol. The highest BCUT2D eigenvalue weighted by Crippen LogP contribution is 2.35. The molecule has 29 heavy (non-hydrogen) atoms. The zero-order chi connectivity index (χ0) is 20.5. The second-order valence-electron chi connectivity index (χ2n) is 6.65. The van der Waals surface area contributed by atoms with Crippen molar-refractivity contribution in [3.8, 4) is 22.8 Å². The van der Waals surface area contributed by atoms with Crippen molar-refractivity contribution in [3.63, 3.8) is 0 Å². The Morgan fingerprint density at radius 1 is 1.17 bits per heavy atom. The minimum Gasteiger partial charge on any atom is -0.454 e. The van der Waals surface area contributed by atoms with Crippen molar-refractivity contribution in [1.29, 1.82) is 0 Å². The lowest BCUT2D eigenvalue weighted by Crippen LogP contribution is -2.33. The third-order valence-electron chi connectivity index (χ3n) is 4.77. The molecule has 7 nitrogen and oxygen atoms in total. The lowest BCUT2D eigenvalue weighted by molar-refractivity contribution is -0.119. The molecular formula is C21H18ClN3O4. The summed E-state index contributed by atoms with van der Waals surface area (Å²) in [4.78, 5) is 25.1. The first-order valence-electron chi connectivity index (χ1n) is 9.00. The van der Waals surface area contributed by atoms with Gasteiger partial charge in [-0.05, 0) is 55.8 Å². The number of nitrogens with one attached hydrogen (secondary N) is 1. The fourth-order valence-corrected chi connectivity index (χ4v) is 3.18. The van der Waals surface area contributed by atoms with E-state index in [-0.39, 0.29) is 18.3 Å². The molecule has 0 bridgehead atoms. The third-order valence-corrected chi connectivity index (χ3v) is 5.17. The topological polar surface area (TPSA) is 82.5 Å². The van der Waals surface area contributed by atoms with Crippen molar-refractivity contribution >= 4 is 23.2 Å². The van der Waals surface area contributed by atoms with Gasteiger partial charge in [-0.1, -0.05) is 17.7 Å². The van der Waals surface area contributed by atoms with E-state index in [1.165, 1.54) is 6.07 Å². The van der Waals surface area contributed by atoms with Crippen LogP contribution in [0, 0.1) is 6.92 Å². The van der Waals surface area contributed by atoms with Gasteiger partial charge in [0.05, 0.1) is 5.69 Å². The van der Waals surface area contributed by atoms with Crippen LogP contribution in [0.15, 0.2) is 53.3 Å². The van der Waals surface area contributed by atoms with Crippen molar-refractivity contribution in [2.45, 2.75) is 19.9 Å². The van der Waals surface area contributed by atoms with E-state index in [1.807, 2.05) is 13.0 Å². The number of halogens is 1. The molecule has 4 rings (SSSR count). The third kappa shape index (κ3) is 3.69. The lowest BCUT2D eigenvalue weighted by Gasteiger charge is -2.16. The van der Waals surface area contributed by atoms with Crippen LogP contribution in [0.1, 0.15) is 18.5 Å². The van der Waals surface area contributed by atoms with Crippen LogP contribution in [-0.4, -0.2) is 22.5 Å². The first kappa shape index (κ1) is 19.0. The lowest BCUT2D eigenvalue weighted by atomic mass is 10.1. The van der Waals surface area contributed by atoms with Gasteiger partial charge in [0, 0.05) is 22.3 Å². The molecule has 148 valence electrons. The fraction of sp³-hybridized carbons (Fsp3) is 0.190. The average molecular weight is 412 g/mol. The van der Waals surface area contributed by atoms with Gasteiger partial charge in [0.2, 0.25) is 12.7 Å². The summed E-state index contributed by atoms with van der Waals surface area (Å²) in [7, 11) is 0. The Balaban J connectivity index is 1.62. The number of fused-ring (bicyclic) bond motifs is 1. The van der Waals surface area contributed by atoms with E-state index < -0.39 is 6.04 Å². The zero-order valence-electron chi connectivity index (χ0n) is 15.8. The number of carbonyl (C=O) groups is 1. The van der Waals surface area contributed by atoms with Gasteiger partial charge in [0.15, 0.2) is 11.5 Å². The molecule has 1 N–H and O–H groups in total. The molecule has 0 aliphatic carbocycles. The molecule has 1 amide bonds. The number of aromatic nitrogens is 2. The van der Waals surface area contributed by atoms with Gasteiger partial charge < -0.3 is 14.8 Å². The van der Waals surface area contributed by atoms with Crippen LogP contribution in [0.5, 0.6) is 11.5 Å². The molecule has 0 saturated heterocycles. The van der Waals surface area contributed by atoms with Crippen molar-refractivity contribution in [2.75, 3.05) is 12.1 Å². The van der Waals surface area contributed by atoms with E-state index in [9.17, 15) is 9.59 Å². The number of rotatable bonds is 4. The van der Waals surface area contributed by atoms with Crippen LogP contribution >= 0.6 is 11.6 Å². The Kier molecular flexibility index (Phi) is 4.98. The van der Waals surface area contributed by atoms with Crippen molar-refractivity contribution < 1.29 is 14.3 Å². The van der Waals surface area contributed by atoms with Crippen molar-refractivity contribution in [1.82, 2.24) is 9.78 Å². The Bertz CT molecular complexity index is 1160. The maximum atomic E-state index is 12.7. The average Bonchev–Trinajstić information content (AvgIpc) is 3.19. The van der Waals surface area contributed by atoms with Gasteiger partial charge in [0.1, 0.15) is 6.04 Å². The Labute approximate surface area is 171 Å². The zero-order valence-corrected chi connectivity index (χ0v) is 16.6. The van der Waals surface area contributed by atoms with Crippen LogP contribution in [0.3, 0.4) is 0 Å². The molecule has 3 aromatic rings. The smallest absolute Gasteiger partial charge is 0.267 e. The molecule has 1 aromatic heterocycles. The summed E-state index contributed by atoms with van der Waals surface area (Å²) in [6, 6.07) is 12.8. The van der Waals surface area contributed by atoms with E-state index in [1.54, 1.807) is 43.3 Å². The van der Waals surface area contributed by atoms with E-state index in [2.05, 4.69) is 10.4 Å². The maximum absolute atomic E-state index is 12.7. The Morgan fingerprint density at radius 3 is 2.79 bits per heavy atom. The first-order chi connectivity index (χ1) is 13.9. The van der Waals surface area contributed by atoms with Crippen molar-refractivity contribution in [2.24, 2.45) is 0 Å². The highest BCUT2D eigenvalue weighted by Gasteiger charge is 2.20. The molecule has 0 fully saturated rings. The van der Waals surface area contributed by atoms with Gasteiger partial charge >= 0.3 is 0 Å². The maximum Gasteiger partial charge on any atom is 0.267 e. The normalized spacial score (nSPS) is 13.2. The van der Waals surface area contributed by atoms with Crippen LogP contribution in [0.2, 0.25) is 5.02 Å². The number of anilines is 1. The standard InChI is InChI=1S/C21H18ClN3O4/c1-12-15(22)4-3-5-16(12)23-21(27)13(2)25-20(26)9-7-17(24-25)14-6-8-18-19(10-14)29-11-28-18/h3-10,13H,11H2,1-2H3,(H,23,27). The molecule has 1 aliphatic heterocycles. The molecule has 2 heterocycles. The van der Waals surface area contributed by atoms with Gasteiger partial charge in [-0.15, -0.1) is 0 Å². The predicted octanol–water partition coefficient (Wildman–Crippen LogP) is 3.80. The summed E-state index contributed by atoms with van der Waals surface area (Å²) in [6.07, 6.45) is 0. The molecule has 1 unspecified atom stereocenters. The molecule has 1 atom stereocenters. The van der Waals surface area contributed by atoms with Crippen LogP contribution in [0.25, 0.3) is 11.3 Å². The van der Waals surface area contributed by atoms with Crippen molar-refractivity contribution in [3.05, 3.63) is 69.5 Å². The molecule has 0 spiro atoms. The van der Waals surface area contributed by atoms with Crippen LogP contribution in [-0.2, 0) is 4.79 Å². The van der Waals surface area contributed by atoms with E-state index >= 15 is 0 Å². The Morgan fingerprint density at radius 2 is 1.97 bits per heavy atom. The van der Waals surface area contributed by atoms with Gasteiger partial charge in [-0.3, -0.25) is 9.59 Å². The van der Waals surface area contributed by atoms with Gasteiger partial charge in [0.25, 0.3) is 5.56 Å².